The minimum absolute atomic E-state index is 0.0346. The number of carbonyl (C=O) groups is 1. The lowest BCUT2D eigenvalue weighted by Gasteiger charge is -2.36. The van der Waals surface area contributed by atoms with E-state index in [4.69, 9.17) is 4.42 Å². The van der Waals surface area contributed by atoms with E-state index in [0.717, 1.165) is 38.4 Å². The average Bonchev–Trinajstić information content (AvgIpc) is 3.41. The van der Waals surface area contributed by atoms with Crippen LogP contribution in [0.5, 0.6) is 0 Å². The van der Waals surface area contributed by atoms with Crippen molar-refractivity contribution in [2.75, 3.05) is 36.4 Å². The lowest BCUT2D eigenvalue weighted by Crippen LogP contribution is -2.45. The molecule has 1 saturated heterocycles. The van der Waals surface area contributed by atoms with Crippen LogP contribution in [-0.4, -0.2) is 41.9 Å². The number of nitro benzene ring substituents is 1. The lowest BCUT2D eigenvalue weighted by molar-refractivity contribution is -0.384. The van der Waals surface area contributed by atoms with E-state index >= 15 is 0 Å². The van der Waals surface area contributed by atoms with Gasteiger partial charge in [-0.1, -0.05) is 42.5 Å². The minimum Gasteiger partial charge on any atom is -0.451 e. The summed E-state index contributed by atoms with van der Waals surface area (Å²) >= 11 is 0. The summed E-state index contributed by atoms with van der Waals surface area (Å²) in [5.41, 5.74) is 3.63. The highest BCUT2D eigenvalue weighted by Crippen LogP contribution is 2.26. The second kappa shape index (κ2) is 10.5. The number of hydrogen-bond donors (Lipinski definition) is 1. The van der Waals surface area contributed by atoms with Gasteiger partial charge in [0, 0.05) is 61.8 Å². The third kappa shape index (κ3) is 5.45. The van der Waals surface area contributed by atoms with Crippen LogP contribution < -0.4 is 10.2 Å². The highest BCUT2D eigenvalue weighted by molar-refractivity contribution is 6.02. The Kier molecular flexibility index (Phi) is 6.77. The van der Waals surface area contributed by atoms with Gasteiger partial charge in [-0.25, -0.2) is 0 Å². The number of carbonyl (C=O) groups excluding carboxylic acids is 1. The van der Waals surface area contributed by atoms with E-state index in [1.165, 1.54) is 17.7 Å². The predicted octanol–water partition coefficient (Wildman–Crippen LogP) is 5.43. The molecular weight excluding hydrogens is 456 g/mol. The molecule has 36 heavy (non-hydrogen) atoms. The summed E-state index contributed by atoms with van der Waals surface area (Å²) in [6.07, 6.45) is 0. The number of non-ortho nitro benzene ring substituents is 1. The lowest BCUT2D eigenvalue weighted by atomic mass is 10.1. The van der Waals surface area contributed by atoms with Crippen molar-refractivity contribution < 1.29 is 14.1 Å². The number of benzene rings is 3. The predicted molar refractivity (Wildman–Crippen MR) is 139 cm³/mol. The van der Waals surface area contributed by atoms with Crippen molar-refractivity contribution in [3.63, 3.8) is 0 Å². The van der Waals surface area contributed by atoms with Crippen LogP contribution in [0.4, 0.5) is 17.1 Å². The van der Waals surface area contributed by atoms with Gasteiger partial charge in [-0.15, -0.1) is 0 Å². The first-order chi connectivity index (χ1) is 17.5. The van der Waals surface area contributed by atoms with Crippen molar-refractivity contribution >= 4 is 23.0 Å². The summed E-state index contributed by atoms with van der Waals surface area (Å²) in [4.78, 5) is 28.0. The van der Waals surface area contributed by atoms with Gasteiger partial charge in [-0.05, 0) is 42.0 Å². The molecule has 182 valence electrons. The highest BCUT2D eigenvalue weighted by atomic mass is 16.6. The van der Waals surface area contributed by atoms with Crippen molar-refractivity contribution in [3.05, 3.63) is 112 Å². The van der Waals surface area contributed by atoms with E-state index in [1.54, 1.807) is 24.3 Å². The number of nitrogens with one attached hydrogen (secondary N) is 1. The molecule has 0 spiro atoms. The number of anilines is 2. The van der Waals surface area contributed by atoms with Gasteiger partial charge in [0.05, 0.1) is 4.92 Å². The van der Waals surface area contributed by atoms with Crippen LogP contribution >= 0.6 is 0 Å². The van der Waals surface area contributed by atoms with E-state index < -0.39 is 4.92 Å². The number of nitro groups is 1. The number of hydrogen-bond acceptors (Lipinski definition) is 6. The second-order valence-corrected chi connectivity index (χ2v) is 8.72. The molecule has 1 aliphatic rings. The van der Waals surface area contributed by atoms with Gasteiger partial charge in [0.25, 0.3) is 11.6 Å². The molecule has 0 atom stereocenters. The smallest absolute Gasteiger partial charge is 0.291 e. The molecule has 0 unspecified atom stereocenters. The van der Waals surface area contributed by atoms with Crippen LogP contribution in [-0.2, 0) is 6.54 Å². The SMILES string of the molecule is O=C(Nc1ccc(N2CCN(Cc3ccccc3)CC2)cc1)c1ccc(-c2cccc([N+](=O)[O-])c2)o1. The summed E-state index contributed by atoms with van der Waals surface area (Å²) in [6.45, 7) is 4.86. The van der Waals surface area contributed by atoms with Crippen LogP contribution in [0, 0.1) is 10.1 Å². The van der Waals surface area contributed by atoms with E-state index in [1.807, 2.05) is 30.3 Å². The van der Waals surface area contributed by atoms with Gasteiger partial charge in [0.15, 0.2) is 5.76 Å². The monoisotopic (exact) mass is 482 g/mol. The third-order valence-corrected chi connectivity index (χ3v) is 6.28. The van der Waals surface area contributed by atoms with Crippen LogP contribution in [0.1, 0.15) is 16.1 Å². The van der Waals surface area contributed by atoms with E-state index in [-0.39, 0.29) is 17.4 Å². The number of rotatable bonds is 7. The van der Waals surface area contributed by atoms with E-state index in [0.29, 0.717) is 17.0 Å². The van der Waals surface area contributed by atoms with E-state index in [9.17, 15) is 14.9 Å². The normalized spacial score (nSPS) is 13.9. The molecule has 1 amide bonds. The van der Waals surface area contributed by atoms with Gasteiger partial charge in [-0.3, -0.25) is 19.8 Å². The standard InChI is InChI=1S/C28H26N4O4/c33-28(27-14-13-26(36-27)22-7-4-8-25(19-22)32(34)35)29-23-9-11-24(12-10-23)31-17-15-30(16-18-31)20-21-5-2-1-3-6-21/h1-14,19H,15-18,20H2,(H,29,33). The van der Waals surface area contributed by atoms with Crippen molar-refractivity contribution in [3.8, 4) is 11.3 Å². The largest absolute Gasteiger partial charge is 0.451 e. The number of piperazine rings is 1. The molecule has 1 N–H and O–H groups in total. The summed E-state index contributed by atoms with van der Waals surface area (Å²) < 4.78 is 5.66. The first-order valence-electron chi connectivity index (χ1n) is 11.8. The molecule has 0 bridgehead atoms. The fourth-order valence-electron chi connectivity index (χ4n) is 4.34. The van der Waals surface area contributed by atoms with Crippen LogP contribution in [0.15, 0.2) is 95.4 Å². The molecule has 1 fully saturated rings. The van der Waals surface area contributed by atoms with Crippen LogP contribution in [0.3, 0.4) is 0 Å². The van der Waals surface area contributed by atoms with Gasteiger partial charge >= 0.3 is 0 Å². The molecule has 0 aliphatic carbocycles. The number of nitrogens with zero attached hydrogens (tertiary/aromatic N) is 3. The molecular formula is C28H26N4O4. The van der Waals surface area contributed by atoms with E-state index in [2.05, 4.69) is 39.4 Å². The zero-order valence-corrected chi connectivity index (χ0v) is 19.7. The Balaban J connectivity index is 1.16. The molecule has 1 aliphatic heterocycles. The zero-order valence-electron chi connectivity index (χ0n) is 19.7. The average molecular weight is 483 g/mol. The minimum atomic E-state index is -0.464. The first-order valence-corrected chi connectivity index (χ1v) is 11.8. The first kappa shape index (κ1) is 23.3. The summed E-state index contributed by atoms with van der Waals surface area (Å²) in [6, 6.07) is 27.6. The Bertz CT molecular complexity index is 1340. The fourth-order valence-corrected chi connectivity index (χ4v) is 4.34. The quantitative estimate of drug-likeness (QED) is 0.279. The maximum Gasteiger partial charge on any atom is 0.291 e. The van der Waals surface area contributed by atoms with Crippen molar-refractivity contribution in [2.45, 2.75) is 6.54 Å². The van der Waals surface area contributed by atoms with Crippen LogP contribution in [0.2, 0.25) is 0 Å². The maximum absolute atomic E-state index is 12.7. The fraction of sp³-hybridized carbons (Fsp3) is 0.179. The molecule has 3 aromatic carbocycles. The van der Waals surface area contributed by atoms with Gasteiger partial charge < -0.3 is 14.6 Å². The summed E-state index contributed by atoms with van der Waals surface area (Å²) in [7, 11) is 0. The molecule has 0 saturated carbocycles. The Morgan fingerprint density at radius 1 is 0.889 bits per heavy atom. The maximum atomic E-state index is 12.7. The Morgan fingerprint density at radius 2 is 1.64 bits per heavy atom. The molecule has 0 radical (unpaired) electrons. The topological polar surface area (TPSA) is 91.9 Å². The Labute approximate surface area is 208 Å². The number of amides is 1. The Hall–Kier alpha value is -4.43. The van der Waals surface area contributed by atoms with Crippen molar-refractivity contribution in [2.24, 2.45) is 0 Å². The highest BCUT2D eigenvalue weighted by Gasteiger charge is 2.18. The zero-order chi connectivity index (χ0) is 24.9. The third-order valence-electron chi connectivity index (χ3n) is 6.28. The van der Waals surface area contributed by atoms with Gasteiger partial charge in [0.2, 0.25) is 0 Å². The van der Waals surface area contributed by atoms with Gasteiger partial charge in [0.1, 0.15) is 5.76 Å². The van der Waals surface area contributed by atoms with Crippen molar-refractivity contribution in [1.29, 1.82) is 0 Å². The molecule has 2 heterocycles. The van der Waals surface area contributed by atoms with Crippen LogP contribution in [0.25, 0.3) is 11.3 Å². The van der Waals surface area contributed by atoms with Gasteiger partial charge in [-0.2, -0.15) is 0 Å². The number of furan rings is 1. The second-order valence-electron chi connectivity index (χ2n) is 8.72. The molecule has 5 rings (SSSR count). The molecule has 4 aromatic rings. The molecule has 1 aromatic heterocycles. The molecule has 8 nitrogen and oxygen atoms in total. The van der Waals surface area contributed by atoms with Crippen molar-refractivity contribution in [1.82, 2.24) is 4.90 Å². The summed E-state index contributed by atoms with van der Waals surface area (Å²) in [5.74, 6) is 0.148. The molecule has 8 heteroatoms. The Morgan fingerprint density at radius 3 is 2.36 bits per heavy atom. The summed E-state index contributed by atoms with van der Waals surface area (Å²) in [5, 5.41) is 13.9.